The van der Waals surface area contributed by atoms with Gasteiger partial charge in [-0.15, -0.1) is 11.3 Å². The minimum atomic E-state index is -0.884. The van der Waals surface area contributed by atoms with Crippen molar-refractivity contribution < 1.29 is 32.3 Å². The summed E-state index contributed by atoms with van der Waals surface area (Å²) < 4.78 is 50.0. The molecular formula is C42H36F3N5O4S. The smallest absolute Gasteiger partial charge is 0.265 e. The molecule has 55 heavy (non-hydrogen) atoms. The van der Waals surface area contributed by atoms with E-state index in [4.69, 9.17) is 9.72 Å². The number of nitrogens with one attached hydrogen (secondary N) is 2. The molecule has 1 aliphatic carbocycles. The highest BCUT2D eigenvalue weighted by Crippen LogP contribution is 2.44. The van der Waals surface area contributed by atoms with Crippen molar-refractivity contribution in [2.45, 2.75) is 38.5 Å². The van der Waals surface area contributed by atoms with Crippen LogP contribution >= 0.6 is 11.3 Å². The molecule has 0 atom stereocenters. The molecule has 3 aliphatic heterocycles. The summed E-state index contributed by atoms with van der Waals surface area (Å²) in [6.45, 7) is 3.29. The number of ether oxygens (including phenoxy) is 1. The summed E-state index contributed by atoms with van der Waals surface area (Å²) >= 11 is 1.15. The van der Waals surface area contributed by atoms with Crippen molar-refractivity contribution in [3.63, 3.8) is 0 Å². The first-order chi connectivity index (χ1) is 26.7. The molecule has 5 heterocycles. The van der Waals surface area contributed by atoms with E-state index >= 15 is 4.39 Å². The molecule has 13 heteroatoms. The fourth-order valence-corrected chi connectivity index (χ4v) is 9.36. The summed E-state index contributed by atoms with van der Waals surface area (Å²) in [7, 11) is 0. The summed E-state index contributed by atoms with van der Waals surface area (Å²) in [4.78, 5) is 50.6. The van der Waals surface area contributed by atoms with E-state index < -0.39 is 35.0 Å². The first-order valence-corrected chi connectivity index (χ1v) is 19.2. The standard InChI is InChI=1S/C42H36F3N5O4S/c43-30-7-4-8-31(44)36(30)48-40(52)35-20-25-13-16-50(34-10-2-1-6-28(34)37(25)55-35)41(53)27-12-11-26(21-32(27)45)46-39(51)29-19-24-5-3-9-33(24)47-38(29)49-22-42(23-49)14-17-54-18-15-42/h1-2,4,6-8,10-12,19-21H,3,5,9,13-18,22-23H2,(H,46,51)(H,48,52). The van der Waals surface area contributed by atoms with Gasteiger partial charge >= 0.3 is 0 Å². The second-order valence-electron chi connectivity index (χ2n) is 14.7. The number of carbonyl (C=O) groups is 3. The Hall–Kier alpha value is -5.53. The van der Waals surface area contributed by atoms with E-state index in [0.29, 0.717) is 29.1 Å². The fourth-order valence-electron chi connectivity index (χ4n) is 8.22. The van der Waals surface area contributed by atoms with Crippen molar-refractivity contribution in [3.05, 3.63) is 123 Å². The van der Waals surface area contributed by atoms with Gasteiger partial charge in [0.05, 0.1) is 21.7 Å². The molecule has 3 amide bonds. The van der Waals surface area contributed by atoms with Crippen LogP contribution in [-0.4, -0.2) is 55.6 Å². The number of aromatic nitrogens is 1. The maximum absolute atomic E-state index is 15.9. The van der Waals surface area contributed by atoms with Crippen LogP contribution in [0.2, 0.25) is 0 Å². The minimum absolute atomic E-state index is 0.160. The third-order valence-corrected chi connectivity index (χ3v) is 12.4. The van der Waals surface area contributed by atoms with Crippen molar-refractivity contribution in [2.24, 2.45) is 5.41 Å². The number of nitrogens with zero attached hydrogens (tertiary/aromatic N) is 3. The lowest BCUT2D eigenvalue weighted by molar-refractivity contribution is -0.000521. The van der Waals surface area contributed by atoms with Crippen LogP contribution < -0.4 is 20.4 Å². The molecule has 2 fully saturated rings. The second kappa shape index (κ2) is 14.0. The van der Waals surface area contributed by atoms with Crippen molar-refractivity contribution in [1.29, 1.82) is 0 Å². The van der Waals surface area contributed by atoms with Gasteiger partial charge in [-0.25, -0.2) is 18.2 Å². The lowest BCUT2D eigenvalue weighted by Gasteiger charge is -2.53. The maximum atomic E-state index is 15.9. The van der Waals surface area contributed by atoms with E-state index in [-0.39, 0.29) is 34.0 Å². The van der Waals surface area contributed by atoms with E-state index in [2.05, 4.69) is 15.5 Å². The van der Waals surface area contributed by atoms with Crippen LogP contribution in [0.5, 0.6) is 0 Å². The van der Waals surface area contributed by atoms with Crippen LogP contribution in [0.3, 0.4) is 0 Å². The van der Waals surface area contributed by atoms with Gasteiger partial charge in [0.25, 0.3) is 17.7 Å². The van der Waals surface area contributed by atoms with Crippen LogP contribution in [0.1, 0.15) is 66.5 Å². The number of halogens is 3. The maximum Gasteiger partial charge on any atom is 0.265 e. The van der Waals surface area contributed by atoms with E-state index in [1.807, 2.05) is 12.1 Å². The Bertz CT molecular complexity index is 2360. The number of fused-ring (bicyclic) bond motifs is 4. The zero-order valence-corrected chi connectivity index (χ0v) is 30.5. The van der Waals surface area contributed by atoms with Crippen molar-refractivity contribution in [1.82, 2.24) is 4.98 Å². The third kappa shape index (κ3) is 6.44. The molecule has 2 N–H and O–H groups in total. The number of rotatable bonds is 6. The molecule has 9 nitrogen and oxygen atoms in total. The third-order valence-electron chi connectivity index (χ3n) is 11.2. The summed E-state index contributed by atoms with van der Waals surface area (Å²) in [5, 5.41) is 5.19. The van der Waals surface area contributed by atoms with E-state index in [1.165, 1.54) is 23.1 Å². The first kappa shape index (κ1) is 35.2. The quantitative estimate of drug-likeness (QED) is 0.182. The number of carbonyl (C=O) groups excluding carboxylic acids is 3. The monoisotopic (exact) mass is 763 g/mol. The number of hydrogen-bond donors (Lipinski definition) is 2. The Balaban J connectivity index is 0.936. The first-order valence-electron chi connectivity index (χ1n) is 18.4. The number of pyridine rings is 1. The molecular weight excluding hydrogens is 728 g/mol. The number of hydrogen-bond acceptors (Lipinski definition) is 7. The lowest BCUT2D eigenvalue weighted by atomic mass is 9.73. The van der Waals surface area contributed by atoms with Gasteiger partial charge in [-0.05, 0) is 98.2 Å². The Morgan fingerprint density at radius 1 is 0.782 bits per heavy atom. The minimum Gasteiger partial charge on any atom is -0.381 e. The largest absolute Gasteiger partial charge is 0.381 e. The Morgan fingerprint density at radius 2 is 1.56 bits per heavy atom. The van der Waals surface area contributed by atoms with Gasteiger partial charge in [0.1, 0.15) is 29.0 Å². The molecule has 2 saturated heterocycles. The van der Waals surface area contributed by atoms with Gasteiger partial charge in [0.15, 0.2) is 0 Å². The molecule has 5 aromatic rings. The normalized spacial score (nSPS) is 16.8. The molecule has 2 aromatic heterocycles. The number of aryl methyl sites for hydroxylation is 2. The van der Waals surface area contributed by atoms with Gasteiger partial charge < -0.3 is 25.2 Å². The topological polar surface area (TPSA) is 104 Å². The van der Waals surface area contributed by atoms with Gasteiger partial charge in [-0.1, -0.05) is 24.3 Å². The van der Waals surface area contributed by atoms with Crippen LogP contribution in [-0.2, 0) is 24.0 Å². The molecule has 0 unspecified atom stereocenters. The zero-order valence-electron chi connectivity index (χ0n) is 29.7. The SMILES string of the molecule is O=C(Nc1c(F)cccc1F)c1cc2c(s1)-c1ccccc1N(C(=O)c1ccc(NC(=O)c3cc4c(nc3N3CC5(CCOCC5)C3)CCC4)cc1F)CC2. The number of thiophene rings is 1. The van der Waals surface area contributed by atoms with E-state index in [1.54, 1.807) is 24.3 Å². The summed E-state index contributed by atoms with van der Waals surface area (Å²) in [5.41, 5.74) is 4.22. The molecule has 1 spiro atoms. The van der Waals surface area contributed by atoms with Crippen LogP contribution in [0.4, 0.5) is 36.1 Å². The van der Waals surface area contributed by atoms with Gasteiger partial charge in [-0.3, -0.25) is 14.4 Å². The molecule has 0 radical (unpaired) electrons. The zero-order chi connectivity index (χ0) is 37.8. The predicted octanol–water partition coefficient (Wildman–Crippen LogP) is 8.04. The van der Waals surface area contributed by atoms with Crippen molar-refractivity contribution >= 4 is 51.9 Å². The van der Waals surface area contributed by atoms with Crippen LogP contribution in [0, 0.1) is 22.9 Å². The lowest BCUT2D eigenvalue weighted by Crippen LogP contribution is -2.59. The fraction of sp³-hybridized carbons (Fsp3) is 0.286. The highest BCUT2D eigenvalue weighted by atomic mass is 32.1. The second-order valence-corrected chi connectivity index (χ2v) is 15.7. The summed E-state index contributed by atoms with van der Waals surface area (Å²) in [5.74, 6) is -3.50. The van der Waals surface area contributed by atoms with Gasteiger partial charge in [0.2, 0.25) is 0 Å². The molecule has 0 saturated carbocycles. The Morgan fingerprint density at radius 3 is 2.35 bits per heavy atom. The van der Waals surface area contributed by atoms with E-state index in [0.717, 1.165) is 110 Å². The van der Waals surface area contributed by atoms with Crippen LogP contribution in [0.15, 0.2) is 72.8 Å². The van der Waals surface area contributed by atoms with E-state index in [9.17, 15) is 23.2 Å². The summed E-state index contributed by atoms with van der Waals surface area (Å²) in [6.07, 6.45) is 5.04. The predicted molar refractivity (Wildman–Crippen MR) is 205 cm³/mol. The molecule has 280 valence electrons. The highest BCUT2D eigenvalue weighted by Gasteiger charge is 2.45. The number of benzene rings is 3. The average molecular weight is 764 g/mol. The number of amides is 3. The molecule has 3 aromatic carbocycles. The molecule has 4 aliphatic rings. The number of para-hydroxylation sites is 2. The highest BCUT2D eigenvalue weighted by molar-refractivity contribution is 7.17. The van der Waals surface area contributed by atoms with Gasteiger partial charge in [-0.2, -0.15) is 0 Å². The van der Waals surface area contributed by atoms with Crippen molar-refractivity contribution in [3.8, 4) is 10.4 Å². The Labute approximate surface area is 319 Å². The average Bonchev–Trinajstić information content (AvgIpc) is 3.79. The van der Waals surface area contributed by atoms with Crippen molar-refractivity contribution in [2.75, 3.05) is 53.3 Å². The number of anilines is 4. The Kier molecular flexibility index (Phi) is 8.93. The van der Waals surface area contributed by atoms with Crippen LogP contribution in [0.25, 0.3) is 10.4 Å². The van der Waals surface area contributed by atoms with Gasteiger partial charge in [0, 0.05) is 60.1 Å². The molecule has 9 rings (SSSR count). The summed E-state index contributed by atoms with van der Waals surface area (Å²) in [6, 6.07) is 18.1. The molecule has 0 bridgehead atoms.